The van der Waals surface area contributed by atoms with E-state index in [9.17, 15) is 8.42 Å². The number of fused-ring (bicyclic) bond motifs is 1. The van der Waals surface area contributed by atoms with Crippen molar-refractivity contribution < 1.29 is 12.8 Å². The second-order valence-corrected chi connectivity index (χ2v) is 7.36. The zero-order valence-electron chi connectivity index (χ0n) is 13.0. The Morgan fingerprint density at radius 1 is 1.00 bits per heavy atom. The number of sulfone groups is 1. The van der Waals surface area contributed by atoms with Gasteiger partial charge in [-0.25, -0.2) is 13.4 Å². The number of tetrazole rings is 1. The first-order valence-corrected chi connectivity index (χ1v) is 9.20. The molecule has 0 saturated carbocycles. The Bertz CT molecular complexity index is 1090. The molecular weight excluding hydrogens is 342 g/mol. The molecule has 0 atom stereocenters. The molecule has 126 valence electrons. The van der Waals surface area contributed by atoms with Crippen LogP contribution in [0.1, 0.15) is 5.89 Å². The van der Waals surface area contributed by atoms with E-state index >= 15 is 0 Å². The van der Waals surface area contributed by atoms with E-state index in [1.807, 2.05) is 24.3 Å². The van der Waals surface area contributed by atoms with Crippen LogP contribution in [0, 0.1) is 0 Å². The van der Waals surface area contributed by atoms with Crippen molar-refractivity contribution in [2.75, 3.05) is 5.75 Å². The van der Waals surface area contributed by atoms with Crippen molar-refractivity contribution in [1.29, 1.82) is 0 Å². The quantitative estimate of drug-likeness (QED) is 0.538. The number of nitrogens with zero attached hydrogens (tertiary/aromatic N) is 5. The van der Waals surface area contributed by atoms with Crippen molar-refractivity contribution in [1.82, 2.24) is 25.2 Å². The molecule has 0 amide bonds. The molecule has 4 rings (SSSR count). The topological polar surface area (TPSA) is 104 Å². The molecule has 8 nitrogen and oxygen atoms in total. The number of oxazole rings is 1. The molecule has 0 aliphatic rings. The summed E-state index contributed by atoms with van der Waals surface area (Å²) in [5.74, 6) is 0.163. The average molecular weight is 355 g/mol. The Kier molecular flexibility index (Phi) is 3.77. The number of rotatable bonds is 5. The Hall–Kier alpha value is -3.07. The summed E-state index contributed by atoms with van der Waals surface area (Å²) < 4.78 is 32.1. The Morgan fingerprint density at radius 2 is 1.76 bits per heavy atom. The second kappa shape index (κ2) is 6.10. The maximum Gasteiger partial charge on any atom is 0.272 e. The van der Waals surface area contributed by atoms with Gasteiger partial charge >= 0.3 is 0 Å². The molecule has 9 heteroatoms. The van der Waals surface area contributed by atoms with Gasteiger partial charge in [0.05, 0.1) is 11.4 Å². The summed E-state index contributed by atoms with van der Waals surface area (Å²) in [6.07, 6.45) is 0.138. The van der Waals surface area contributed by atoms with Gasteiger partial charge in [-0.05, 0) is 34.7 Å². The van der Waals surface area contributed by atoms with Crippen molar-refractivity contribution in [3.63, 3.8) is 0 Å². The lowest BCUT2D eigenvalue weighted by molar-refractivity contribution is 0.531. The van der Waals surface area contributed by atoms with Crippen LogP contribution in [0.2, 0.25) is 0 Å². The van der Waals surface area contributed by atoms with Gasteiger partial charge in [-0.3, -0.25) is 0 Å². The van der Waals surface area contributed by atoms with E-state index in [4.69, 9.17) is 4.42 Å². The van der Waals surface area contributed by atoms with Gasteiger partial charge in [0.25, 0.3) is 5.16 Å². The van der Waals surface area contributed by atoms with Gasteiger partial charge in [-0.1, -0.05) is 35.4 Å². The molecule has 0 N–H and O–H groups in total. The molecular formula is C16H13N5O3S. The predicted molar refractivity (Wildman–Crippen MR) is 88.9 cm³/mol. The average Bonchev–Trinajstić information content (AvgIpc) is 3.28. The van der Waals surface area contributed by atoms with Gasteiger partial charge in [0, 0.05) is 6.42 Å². The van der Waals surface area contributed by atoms with Crippen LogP contribution in [0.25, 0.3) is 16.8 Å². The molecule has 0 aliphatic carbocycles. The lowest BCUT2D eigenvalue weighted by Gasteiger charge is -2.04. The Balaban J connectivity index is 1.59. The largest absolute Gasteiger partial charge is 0.441 e. The second-order valence-electron chi connectivity index (χ2n) is 5.35. The molecule has 0 bridgehead atoms. The monoisotopic (exact) mass is 355 g/mol. The lowest BCUT2D eigenvalue weighted by Crippen LogP contribution is -2.15. The van der Waals surface area contributed by atoms with Gasteiger partial charge < -0.3 is 4.42 Å². The fourth-order valence-corrected chi connectivity index (χ4v) is 3.64. The molecule has 0 unspecified atom stereocenters. The number of aromatic nitrogens is 5. The smallest absolute Gasteiger partial charge is 0.272 e. The zero-order valence-corrected chi connectivity index (χ0v) is 13.8. The Labute approximate surface area is 143 Å². The fraction of sp³-hybridized carbons (Fsp3) is 0.125. The SMILES string of the molecule is O=S(=O)(CCc1nc2ccccc2o1)c1nnnn1-c1ccccc1. The van der Waals surface area contributed by atoms with Gasteiger partial charge in [-0.2, -0.15) is 4.68 Å². The molecule has 0 spiro atoms. The van der Waals surface area contributed by atoms with Gasteiger partial charge in [-0.15, -0.1) is 0 Å². The fourth-order valence-electron chi connectivity index (χ4n) is 2.44. The van der Waals surface area contributed by atoms with Crippen LogP contribution in [0.15, 0.2) is 64.2 Å². The number of para-hydroxylation sites is 3. The van der Waals surface area contributed by atoms with Crippen molar-refractivity contribution >= 4 is 20.9 Å². The highest BCUT2D eigenvalue weighted by molar-refractivity contribution is 7.91. The molecule has 0 aliphatic heterocycles. The van der Waals surface area contributed by atoms with E-state index in [0.29, 0.717) is 22.7 Å². The summed E-state index contributed by atoms with van der Waals surface area (Å²) >= 11 is 0. The normalized spacial score (nSPS) is 11.8. The van der Waals surface area contributed by atoms with E-state index in [1.165, 1.54) is 4.68 Å². The first-order chi connectivity index (χ1) is 12.1. The van der Waals surface area contributed by atoms with Crippen LogP contribution in [0.4, 0.5) is 0 Å². The molecule has 2 aromatic carbocycles. The first-order valence-electron chi connectivity index (χ1n) is 7.54. The predicted octanol–water partition coefficient (Wildman–Crippen LogP) is 1.82. The van der Waals surface area contributed by atoms with Crippen LogP contribution in [0.3, 0.4) is 0 Å². The van der Waals surface area contributed by atoms with E-state index < -0.39 is 9.84 Å². The van der Waals surface area contributed by atoms with E-state index in [2.05, 4.69) is 20.5 Å². The molecule has 2 heterocycles. The Morgan fingerprint density at radius 3 is 2.56 bits per heavy atom. The molecule has 0 saturated heterocycles. The highest BCUT2D eigenvalue weighted by Crippen LogP contribution is 2.17. The van der Waals surface area contributed by atoms with Crippen molar-refractivity contribution in [3.8, 4) is 5.69 Å². The van der Waals surface area contributed by atoms with E-state index in [1.54, 1.807) is 30.3 Å². The van der Waals surface area contributed by atoms with Crippen LogP contribution >= 0.6 is 0 Å². The molecule has 4 aromatic rings. The molecule has 25 heavy (non-hydrogen) atoms. The summed E-state index contributed by atoms with van der Waals surface area (Å²) in [5, 5.41) is 10.8. The molecule has 2 aromatic heterocycles. The minimum atomic E-state index is -3.70. The van der Waals surface area contributed by atoms with Crippen LogP contribution in [0.5, 0.6) is 0 Å². The maximum absolute atomic E-state index is 12.6. The summed E-state index contributed by atoms with van der Waals surface area (Å²) in [4.78, 5) is 4.29. The highest BCUT2D eigenvalue weighted by Gasteiger charge is 2.24. The summed E-state index contributed by atoms with van der Waals surface area (Å²) in [7, 11) is -3.70. The van der Waals surface area contributed by atoms with Gasteiger partial charge in [0.1, 0.15) is 5.52 Å². The third kappa shape index (κ3) is 3.01. The summed E-state index contributed by atoms with van der Waals surface area (Å²) in [5.41, 5.74) is 1.90. The van der Waals surface area contributed by atoms with Crippen molar-refractivity contribution in [3.05, 3.63) is 60.5 Å². The molecule has 0 radical (unpaired) electrons. The minimum Gasteiger partial charge on any atom is -0.441 e. The standard InChI is InChI=1S/C16H13N5O3S/c22-25(23,11-10-15-17-13-8-4-5-9-14(13)24-15)16-18-19-20-21(16)12-6-2-1-3-7-12/h1-9H,10-11H2. The van der Waals surface area contributed by atoms with E-state index in [0.717, 1.165) is 0 Å². The minimum absolute atomic E-state index is 0.138. The van der Waals surface area contributed by atoms with Crippen LogP contribution in [-0.4, -0.2) is 39.4 Å². The number of hydrogen-bond acceptors (Lipinski definition) is 7. The number of aryl methyl sites for hydroxylation is 1. The van der Waals surface area contributed by atoms with Crippen molar-refractivity contribution in [2.45, 2.75) is 11.6 Å². The third-order valence-corrected chi connectivity index (χ3v) is 5.20. The van der Waals surface area contributed by atoms with Gasteiger partial charge in [0.15, 0.2) is 11.5 Å². The van der Waals surface area contributed by atoms with Crippen molar-refractivity contribution in [2.24, 2.45) is 0 Å². The number of benzene rings is 2. The number of hydrogen-bond donors (Lipinski definition) is 0. The molecule has 0 fully saturated rings. The third-order valence-electron chi connectivity index (χ3n) is 3.64. The van der Waals surface area contributed by atoms with E-state index in [-0.39, 0.29) is 17.3 Å². The van der Waals surface area contributed by atoms with Gasteiger partial charge in [0.2, 0.25) is 9.84 Å². The van der Waals surface area contributed by atoms with Crippen LogP contribution < -0.4 is 0 Å². The van der Waals surface area contributed by atoms with Crippen LogP contribution in [-0.2, 0) is 16.3 Å². The summed E-state index contributed by atoms with van der Waals surface area (Å²) in [6, 6.07) is 16.1. The maximum atomic E-state index is 12.6. The first kappa shape index (κ1) is 15.5. The zero-order chi connectivity index (χ0) is 17.3. The lowest BCUT2D eigenvalue weighted by atomic mass is 10.3. The highest BCUT2D eigenvalue weighted by atomic mass is 32.2. The summed E-state index contributed by atoms with van der Waals surface area (Å²) in [6.45, 7) is 0.